The molecule has 0 radical (unpaired) electrons. The predicted octanol–water partition coefficient (Wildman–Crippen LogP) is 3.49. The van der Waals surface area contributed by atoms with Crippen LogP contribution >= 0.6 is 0 Å². The maximum absolute atomic E-state index is 13.1. The van der Waals surface area contributed by atoms with E-state index in [0.717, 1.165) is 6.07 Å². The molecule has 104 valence electrons. The highest BCUT2D eigenvalue weighted by atomic mass is 19.4. The number of benzene rings is 1. The Balaban J connectivity index is 2.27. The molecule has 0 saturated carbocycles. The molecule has 3 nitrogen and oxygen atoms in total. The molecule has 1 heterocycles. The molecule has 1 N–H and O–H groups in total. The molecule has 0 aliphatic heterocycles. The van der Waals surface area contributed by atoms with Crippen LogP contribution < -0.4 is 5.32 Å². The van der Waals surface area contributed by atoms with Gasteiger partial charge in [0.05, 0.1) is 17.4 Å². The largest absolute Gasteiger partial charge is 0.419 e. The summed E-state index contributed by atoms with van der Waals surface area (Å²) >= 11 is 0. The summed E-state index contributed by atoms with van der Waals surface area (Å²) in [6.07, 6.45) is -2.03. The topological polar surface area (TPSA) is 42.0 Å². The van der Waals surface area contributed by atoms with E-state index < -0.39 is 23.5 Å². The van der Waals surface area contributed by atoms with E-state index in [9.17, 15) is 22.4 Å². The highest BCUT2D eigenvalue weighted by Crippen LogP contribution is 2.32. The summed E-state index contributed by atoms with van der Waals surface area (Å²) in [6, 6.07) is 5.15. The average molecular weight is 284 g/mol. The van der Waals surface area contributed by atoms with Gasteiger partial charge in [0.25, 0.3) is 5.91 Å². The Morgan fingerprint density at radius 1 is 1.20 bits per heavy atom. The van der Waals surface area contributed by atoms with Gasteiger partial charge in [-0.3, -0.25) is 9.78 Å². The minimum atomic E-state index is -4.85. The molecule has 0 aliphatic rings. The second kappa shape index (κ2) is 5.28. The van der Waals surface area contributed by atoms with Gasteiger partial charge in [-0.05, 0) is 30.3 Å². The third-order valence-electron chi connectivity index (χ3n) is 2.45. The van der Waals surface area contributed by atoms with E-state index in [1.165, 1.54) is 18.5 Å². The van der Waals surface area contributed by atoms with Crippen LogP contribution in [0.3, 0.4) is 0 Å². The first-order valence-electron chi connectivity index (χ1n) is 5.46. The first-order chi connectivity index (χ1) is 9.38. The molecule has 0 fully saturated rings. The van der Waals surface area contributed by atoms with Crippen molar-refractivity contribution in [1.82, 2.24) is 4.98 Å². The van der Waals surface area contributed by atoms with Gasteiger partial charge in [0.15, 0.2) is 0 Å². The van der Waals surface area contributed by atoms with E-state index in [1.807, 2.05) is 0 Å². The van der Waals surface area contributed by atoms with Crippen molar-refractivity contribution in [3.63, 3.8) is 0 Å². The van der Waals surface area contributed by atoms with Crippen LogP contribution in [0.2, 0.25) is 0 Å². The third-order valence-corrected chi connectivity index (χ3v) is 2.45. The van der Waals surface area contributed by atoms with Gasteiger partial charge in [-0.1, -0.05) is 0 Å². The predicted molar refractivity (Wildman–Crippen MR) is 63.6 cm³/mol. The summed E-state index contributed by atoms with van der Waals surface area (Å²) in [5.74, 6) is -2.20. The lowest BCUT2D eigenvalue weighted by Gasteiger charge is -2.10. The van der Waals surface area contributed by atoms with E-state index >= 15 is 0 Å². The van der Waals surface area contributed by atoms with Gasteiger partial charge < -0.3 is 5.32 Å². The van der Waals surface area contributed by atoms with Gasteiger partial charge >= 0.3 is 6.18 Å². The fourth-order valence-corrected chi connectivity index (χ4v) is 1.52. The highest BCUT2D eigenvalue weighted by Gasteiger charge is 2.34. The van der Waals surface area contributed by atoms with Gasteiger partial charge in [-0.25, -0.2) is 4.39 Å². The Bertz CT molecular complexity index is 626. The van der Waals surface area contributed by atoms with E-state index in [0.29, 0.717) is 17.8 Å². The monoisotopic (exact) mass is 284 g/mol. The second-order valence-electron chi connectivity index (χ2n) is 3.89. The lowest BCUT2D eigenvalue weighted by molar-refractivity contribution is -0.140. The summed E-state index contributed by atoms with van der Waals surface area (Å²) in [7, 11) is 0. The van der Waals surface area contributed by atoms with Crippen LogP contribution in [0.15, 0.2) is 42.7 Å². The van der Waals surface area contributed by atoms with Crippen molar-refractivity contribution in [1.29, 1.82) is 0 Å². The Hall–Kier alpha value is -2.44. The van der Waals surface area contributed by atoms with Crippen molar-refractivity contribution in [3.8, 4) is 0 Å². The minimum absolute atomic E-state index is 0.289. The molecule has 0 saturated heterocycles. The van der Waals surface area contributed by atoms with Crippen LogP contribution in [0.25, 0.3) is 0 Å². The van der Waals surface area contributed by atoms with Crippen LogP contribution in [0.1, 0.15) is 15.9 Å². The zero-order chi connectivity index (χ0) is 14.8. The molecule has 0 atom stereocenters. The van der Waals surface area contributed by atoms with Gasteiger partial charge in [-0.2, -0.15) is 13.2 Å². The lowest BCUT2D eigenvalue weighted by Crippen LogP contribution is -2.15. The Morgan fingerprint density at radius 3 is 2.55 bits per heavy atom. The van der Waals surface area contributed by atoms with Gasteiger partial charge in [-0.15, -0.1) is 0 Å². The maximum atomic E-state index is 13.1. The van der Waals surface area contributed by atoms with Crippen LogP contribution in [-0.4, -0.2) is 10.9 Å². The van der Waals surface area contributed by atoms with Crippen molar-refractivity contribution < 1.29 is 22.4 Å². The van der Waals surface area contributed by atoms with Crippen molar-refractivity contribution in [2.24, 2.45) is 0 Å². The molecule has 1 aromatic carbocycles. The normalized spacial score (nSPS) is 11.2. The number of rotatable bonds is 2. The standard InChI is InChI=1S/C13H8F4N2O/c14-11-4-3-8(6-10(11)13(15,16)17)12(20)19-9-2-1-5-18-7-9/h1-7H,(H,19,20). The van der Waals surface area contributed by atoms with Crippen molar-refractivity contribution in [3.05, 3.63) is 59.7 Å². The summed E-state index contributed by atoms with van der Waals surface area (Å²) in [5.41, 5.74) is -1.44. The number of carbonyl (C=O) groups is 1. The van der Waals surface area contributed by atoms with Crippen LogP contribution in [0.5, 0.6) is 0 Å². The number of nitrogens with one attached hydrogen (secondary N) is 1. The summed E-state index contributed by atoms with van der Waals surface area (Å²) in [5, 5.41) is 2.37. The molecule has 0 unspecified atom stereocenters. The summed E-state index contributed by atoms with van der Waals surface area (Å²) in [4.78, 5) is 15.5. The number of nitrogens with zero attached hydrogens (tertiary/aromatic N) is 1. The molecular weight excluding hydrogens is 276 g/mol. The fraction of sp³-hybridized carbons (Fsp3) is 0.0769. The number of halogens is 4. The Kier molecular flexibility index (Phi) is 3.69. The zero-order valence-corrected chi connectivity index (χ0v) is 9.91. The Morgan fingerprint density at radius 2 is 1.95 bits per heavy atom. The lowest BCUT2D eigenvalue weighted by atomic mass is 10.1. The second-order valence-corrected chi connectivity index (χ2v) is 3.89. The average Bonchev–Trinajstić information content (AvgIpc) is 2.39. The number of alkyl halides is 3. The molecular formula is C13H8F4N2O. The molecule has 20 heavy (non-hydrogen) atoms. The number of aromatic nitrogens is 1. The van der Waals surface area contributed by atoms with Gasteiger partial charge in [0, 0.05) is 11.8 Å². The molecule has 7 heteroatoms. The molecule has 1 aromatic heterocycles. The van der Waals surface area contributed by atoms with Crippen LogP contribution in [0, 0.1) is 5.82 Å². The molecule has 0 bridgehead atoms. The number of carbonyl (C=O) groups excluding carboxylic acids is 1. The molecule has 0 aliphatic carbocycles. The molecule has 0 spiro atoms. The number of hydrogen-bond donors (Lipinski definition) is 1. The molecule has 1 amide bonds. The van der Waals surface area contributed by atoms with E-state index in [4.69, 9.17) is 0 Å². The highest BCUT2D eigenvalue weighted by molar-refractivity contribution is 6.04. The number of anilines is 1. The first kappa shape index (κ1) is 14.0. The molecule has 2 aromatic rings. The minimum Gasteiger partial charge on any atom is -0.321 e. The van der Waals surface area contributed by atoms with E-state index in [-0.39, 0.29) is 5.56 Å². The van der Waals surface area contributed by atoms with Crippen molar-refractivity contribution >= 4 is 11.6 Å². The third kappa shape index (κ3) is 3.11. The van der Waals surface area contributed by atoms with Crippen LogP contribution in [-0.2, 0) is 6.18 Å². The number of amides is 1. The van der Waals surface area contributed by atoms with Gasteiger partial charge in [0.2, 0.25) is 0 Å². The van der Waals surface area contributed by atoms with Crippen molar-refractivity contribution in [2.75, 3.05) is 5.32 Å². The van der Waals surface area contributed by atoms with E-state index in [2.05, 4.69) is 10.3 Å². The summed E-state index contributed by atoms with van der Waals surface area (Å²) < 4.78 is 50.7. The first-order valence-corrected chi connectivity index (χ1v) is 5.46. The zero-order valence-electron chi connectivity index (χ0n) is 9.91. The molecule has 2 rings (SSSR count). The summed E-state index contributed by atoms with van der Waals surface area (Å²) in [6.45, 7) is 0. The van der Waals surface area contributed by atoms with Gasteiger partial charge in [0.1, 0.15) is 5.82 Å². The Labute approximate surface area is 111 Å². The van der Waals surface area contributed by atoms with E-state index in [1.54, 1.807) is 6.07 Å². The van der Waals surface area contributed by atoms with Crippen LogP contribution in [0.4, 0.5) is 23.2 Å². The smallest absolute Gasteiger partial charge is 0.321 e. The SMILES string of the molecule is O=C(Nc1cccnc1)c1ccc(F)c(C(F)(F)F)c1. The number of pyridine rings is 1. The maximum Gasteiger partial charge on any atom is 0.419 e. The van der Waals surface area contributed by atoms with Crippen molar-refractivity contribution in [2.45, 2.75) is 6.18 Å². The number of hydrogen-bond acceptors (Lipinski definition) is 2. The fourth-order valence-electron chi connectivity index (χ4n) is 1.52. The quantitative estimate of drug-likeness (QED) is 0.858.